The van der Waals surface area contributed by atoms with Crippen molar-refractivity contribution >= 4 is 0 Å². The topological polar surface area (TPSA) is 45.8 Å². The Kier molecular flexibility index (Phi) is 2.96. The Labute approximate surface area is 128 Å². The van der Waals surface area contributed by atoms with Gasteiger partial charge in [0.15, 0.2) is 0 Å². The van der Waals surface area contributed by atoms with Crippen molar-refractivity contribution in [3.8, 4) is 0 Å². The number of H-pyrrole nitrogens is 1. The van der Waals surface area contributed by atoms with Gasteiger partial charge in [0, 0.05) is 5.56 Å². The predicted octanol–water partition coefficient (Wildman–Crippen LogP) is 2.88. The zero-order valence-electron chi connectivity index (χ0n) is 12.7. The molecule has 4 rings (SSSR count). The van der Waals surface area contributed by atoms with Gasteiger partial charge < -0.3 is 4.98 Å². The zero-order chi connectivity index (χ0) is 15.3. The number of fused-ring (bicyclic) bond motifs is 2. The Morgan fingerprint density at radius 3 is 2.77 bits per heavy atom. The molecule has 1 aromatic heterocycles. The van der Waals surface area contributed by atoms with E-state index in [1.54, 1.807) is 12.1 Å². The molecule has 22 heavy (non-hydrogen) atoms. The molecule has 114 valence electrons. The Bertz CT molecular complexity index is 811. The van der Waals surface area contributed by atoms with E-state index in [0.717, 1.165) is 60.9 Å². The van der Waals surface area contributed by atoms with E-state index in [4.69, 9.17) is 0 Å². The van der Waals surface area contributed by atoms with E-state index in [0.29, 0.717) is 5.82 Å². The van der Waals surface area contributed by atoms with E-state index < -0.39 is 0 Å². The number of aryl methyl sites for hydroxylation is 1. The third-order valence-corrected chi connectivity index (χ3v) is 5.35. The minimum Gasteiger partial charge on any atom is -0.311 e. The third kappa shape index (κ3) is 2.09. The second-order valence-corrected chi connectivity index (χ2v) is 6.81. The SMILES string of the molecule is Cc1nc2c(c(=O)[nH]1)CC[C@@]1(CCc3c(F)cccc3C1)C2. The monoisotopic (exact) mass is 298 g/mol. The number of aromatic nitrogens is 2. The van der Waals surface area contributed by atoms with Gasteiger partial charge in [0.25, 0.3) is 5.56 Å². The standard InChI is InChI=1S/C18H19FN2O/c1-11-20-16-10-18(8-6-14(16)17(22)21-11)7-5-13-12(9-18)3-2-4-15(13)19/h2-4H,5-10H2,1H3,(H,20,21,22)/t18-/m1/s1. The number of nitrogens with zero attached hydrogens (tertiary/aromatic N) is 1. The molecule has 0 saturated heterocycles. The van der Waals surface area contributed by atoms with Crippen LogP contribution in [0.3, 0.4) is 0 Å². The van der Waals surface area contributed by atoms with Crippen molar-refractivity contribution in [2.75, 3.05) is 0 Å². The molecule has 0 saturated carbocycles. The van der Waals surface area contributed by atoms with E-state index in [1.165, 1.54) is 0 Å². The first-order valence-corrected chi connectivity index (χ1v) is 7.91. The van der Waals surface area contributed by atoms with Crippen molar-refractivity contribution in [2.45, 2.75) is 45.4 Å². The van der Waals surface area contributed by atoms with Gasteiger partial charge in [-0.3, -0.25) is 4.79 Å². The Balaban J connectivity index is 1.72. The predicted molar refractivity (Wildman–Crippen MR) is 82.5 cm³/mol. The first-order valence-electron chi connectivity index (χ1n) is 7.91. The molecule has 1 spiro atoms. The van der Waals surface area contributed by atoms with Gasteiger partial charge in [0.1, 0.15) is 11.6 Å². The fraction of sp³-hybridized carbons (Fsp3) is 0.444. The number of benzene rings is 1. The molecule has 1 aromatic carbocycles. The number of nitrogens with one attached hydrogen (secondary N) is 1. The maximum Gasteiger partial charge on any atom is 0.254 e. The normalized spacial score (nSPS) is 23.2. The molecule has 1 N–H and O–H groups in total. The van der Waals surface area contributed by atoms with Crippen LogP contribution in [0.1, 0.15) is 41.1 Å². The quantitative estimate of drug-likeness (QED) is 0.813. The van der Waals surface area contributed by atoms with Gasteiger partial charge in [-0.05, 0) is 68.1 Å². The van der Waals surface area contributed by atoms with Gasteiger partial charge in [-0.2, -0.15) is 0 Å². The van der Waals surface area contributed by atoms with Crippen molar-refractivity contribution in [3.05, 3.63) is 62.6 Å². The van der Waals surface area contributed by atoms with Crippen LogP contribution in [0, 0.1) is 18.2 Å². The van der Waals surface area contributed by atoms with Crippen LogP contribution in [-0.4, -0.2) is 9.97 Å². The first-order chi connectivity index (χ1) is 10.6. The molecule has 1 heterocycles. The van der Waals surface area contributed by atoms with E-state index in [9.17, 15) is 9.18 Å². The van der Waals surface area contributed by atoms with Gasteiger partial charge in [-0.1, -0.05) is 12.1 Å². The van der Waals surface area contributed by atoms with Crippen LogP contribution < -0.4 is 5.56 Å². The number of halogens is 1. The molecule has 0 radical (unpaired) electrons. The Hall–Kier alpha value is -1.97. The summed E-state index contributed by atoms with van der Waals surface area (Å²) in [6.07, 6.45) is 5.27. The summed E-state index contributed by atoms with van der Waals surface area (Å²) in [5.74, 6) is 0.608. The van der Waals surface area contributed by atoms with Gasteiger partial charge in [-0.25, -0.2) is 9.37 Å². The molecule has 0 unspecified atom stereocenters. The molecule has 3 nitrogen and oxygen atoms in total. The van der Waals surface area contributed by atoms with Crippen molar-refractivity contribution in [3.63, 3.8) is 0 Å². The molecule has 2 aliphatic carbocycles. The summed E-state index contributed by atoms with van der Waals surface area (Å²) >= 11 is 0. The van der Waals surface area contributed by atoms with E-state index in [2.05, 4.69) is 9.97 Å². The largest absolute Gasteiger partial charge is 0.311 e. The highest BCUT2D eigenvalue weighted by molar-refractivity contribution is 5.34. The average Bonchev–Trinajstić information content (AvgIpc) is 2.46. The smallest absolute Gasteiger partial charge is 0.254 e. The van der Waals surface area contributed by atoms with Crippen molar-refractivity contribution in [1.82, 2.24) is 9.97 Å². The number of hydrogen-bond acceptors (Lipinski definition) is 2. The summed E-state index contributed by atoms with van der Waals surface area (Å²) in [5, 5.41) is 0. The summed E-state index contributed by atoms with van der Waals surface area (Å²) in [7, 11) is 0. The van der Waals surface area contributed by atoms with Gasteiger partial charge in [0.05, 0.1) is 5.69 Å². The second-order valence-electron chi connectivity index (χ2n) is 6.81. The van der Waals surface area contributed by atoms with E-state index in [-0.39, 0.29) is 16.8 Å². The Morgan fingerprint density at radius 2 is 1.95 bits per heavy atom. The lowest BCUT2D eigenvalue weighted by molar-refractivity contribution is 0.204. The highest BCUT2D eigenvalue weighted by Gasteiger charge is 2.39. The molecule has 0 fully saturated rings. The number of aromatic amines is 1. The van der Waals surface area contributed by atoms with Crippen LogP contribution in [0.2, 0.25) is 0 Å². The molecule has 0 bridgehead atoms. The maximum atomic E-state index is 13.9. The van der Waals surface area contributed by atoms with Crippen molar-refractivity contribution in [2.24, 2.45) is 5.41 Å². The molecule has 2 aliphatic rings. The summed E-state index contributed by atoms with van der Waals surface area (Å²) in [6.45, 7) is 1.83. The maximum absolute atomic E-state index is 13.9. The lowest BCUT2D eigenvalue weighted by Crippen LogP contribution is -2.38. The van der Waals surface area contributed by atoms with Crippen molar-refractivity contribution in [1.29, 1.82) is 0 Å². The second kappa shape index (κ2) is 4.77. The highest BCUT2D eigenvalue weighted by atomic mass is 19.1. The average molecular weight is 298 g/mol. The van der Waals surface area contributed by atoms with Crippen LogP contribution in [0.5, 0.6) is 0 Å². The van der Waals surface area contributed by atoms with Gasteiger partial charge >= 0.3 is 0 Å². The highest BCUT2D eigenvalue weighted by Crippen LogP contribution is 2.44. The molecular weight excluding hydrogens is 279 g/mol. The lowest BCUT2D eigenvalue weighted by Gasteiger charge is -2.41. The lowest BCUT2D eigenvalue weighted by atomic mass is 9.63. The van der Waals surface area contributed by atoms with Crippen LogP contribution in [0.4, 0.5) is 4.39 Å². The molecule has 4 heteroatoms. The molecule has 1 atom stereocenters. The first kappa shape index (κ1) is 13.7. The number of hydrogen-bond donors (Lipinski definition) is 1. The minimum absolute atomic E-state index is 0.0135. The summed E-state index contributed by atoms with van der Waals surface area (Å²) in [4.78, 5) is 19.4. The fourth-order valence-corrected chi connectivity index (χ4v) is 4.20. The fourth-order valence-electron chi connectivity index (χ4n) is 4.20. The van der Waals surface area contributed by atoms with Gasteiger partial charge in [0.2, 0.25) is 0 Å². The Morgan fingerprint density at radius 1 is 1.18 bits per heavy atom. The van der Waals surface area contributed by atoms with E-state index >= 15 is 0 Å². The summed E-state index contributed by atoms with van der Waals surface area (Å²) < 4.78 is 13.9. The third-order valence-electron chi connectivity index (χ3n) is 5.35. The molecule has 0 amide bonds. The molecule has 2 aromatic rings. The molecular formula is C18H19FN2O. The zero-order valence-corrected chi connectivity index (χ0v) is 12.7. The number of rotatable bonds is 0. The summed E-state index contributed by atoms with van der Waals surface area (Å²) in [6, 6.07) is 5.40. The van der Waals surface area contributed by atoms with Crippen LogP contribution >= 0.6 is 0 Å². The van der Waals surface area contributed by atoms with Crippen LogP contribution in [-0.2, 0) is 25.7 Å². The van der Waals surface area contributed by atoms with Crippen LogP contribution in [0.15, 0.2) is 23.0 Å². The minimum atomic E-state index is -0.0750. The summed E-state index contributed by atoms with van der Waals surface area (Å²) in [5.41, 5.74) is 3.97. The van der Waals surface area contributed by atoms with E-state index in [1.807, 2.05) is 13.0 Å². The van der Waals surface area contributed by atoms with Crippen molar-refractivity contribution < 1.29 is 4.39 Å². The van der Waals surface area contributed by atoms with Gasteiger partial charge in [-0.15, -0.1) is 0 Å². The molecule has 0 aliphatic heterocycles. The van der Waals surface area contributed by atoms with Crippen LogP contribution in [0.25, 0.3) is 0 Å².